The van der Waals surface area contributed by atoms with E-state index in [0.29, 0.717) is 0 Å². The Morgan fingerprint density at radius 1 is 0.919 bits per heavy atom. The van der Waals surface area contributed by atoms with E-state index in [-0.39, 0.29) is 0 Å². The SMILES string of the molecule is Cc1c(NCCN2CCCC2)cc(-c2ccccc2)cc1N1CCN(c2ncnc3[nH]nc(Br)c23)CC1. The lowest BCUT2D eigenvalue weighted by molar-refractivity contribution is 0.352. The van der Waals surface area contributed by atoms with Gasteiger partial charge in [0.05, 0.1) is 5.39 Å². The number of aromatic nitrogens is 4. The van der Waals surface area contributed by atoms with Crippen molar-refractivity contribution in [2.75, 3.05) is 67.5 Å². The average molecular weight is 562 g/mol. The third kappa shape index (κ3) is 5.02. The Morgan fingerprint density at radius 2 is 1.68 bits per heavy atom. The van der Waals surface area contributed by atoms with Gasteiger partial charge in [0.25, 0.3) is 0 Å². The van der Waals surface area contributed by atoms with Crippen LogP contribution in [-0.4, -0.2) is 77.4 Å². The highest BCUT2D eigenvalue weighted by atomic mass is 79.9. The van der Waals surface area contributed by atoms with Gasteiger partial charge in [-0.05, 0) is 77.6 Å². The van der Waals surface area contributed by atoms with E-state index in [1.165, 1.54) is 54.0 Å². The van der Waals surface area contributed by atoms with Crippen molar-refractivity contribution in [3.05, 3.63) is 59.0 Å². The van der Waals surface area contributed by atoms with Crippen LogP contribution in [0.5, 0.6) is 0 Å². The van der Waals surface area contributed by atoms with Crippen molar-refractivity contribution in [3.8, 4) is 11.1 Å². The summed E-state index contributed by atoms with van der Waals surface area (Å²) in [5.74, 6) is 0.935. The molecule has 4 aromatic rings. The average Bonchev–Trinajstić information content (AvgIpc) is 3.60. The quantitative estimate of drug-likeness (QED) is 0.332. The summed E-state index contributed by atoms with van der Waals surface area (Å²) < 4.78 is 0.761. The number of aromatic amines is 1. The Kier molecular flexibility index (Phi) is 6.97. The highest BCUT2D eigenvalue weighted by molar-refractivity contribution is 9.10. The van der Waals surface area contributed by atoms with Gasteiger partial charge in [0.2, 0.25) is 0 Å². The number of benzene rings is 2. The van der Waals surface area contributed by atoms with Gasteiger partial charge in [-0.15, -0.1) is 0 Å². The first-order valence-electron chi connectivity index (χ1n) is 13.2. The van der Waals surface area contributed by atoms with Gasteiger partial charge in [-0.25, -0.2) is 9.97 Å². The lowest BCUT2D eigenvalue weighted by atomic mass is 10.00. The highest BCUT2D eigenvalue weighted by Gasteiger charge is 2.24. The first-order chi connectivity index (χ1) is 18.2. The second-order valence-electron chi connectivity index (χ2n) is 9.92. The number of nitrogens with one attached hydrogen (secondary N) is 2. The third-order valence-electron chi connectivity index (χ3n) is 7.64. The van der Waals surface area contributed by atoms with Gasteiger partial charge in [0.1, 0.15) is 16.7 Å². The van der Waals surface area contributed by atoms with Gasteiger partial charge in [0, 0.05) is 50.6 Å². The molecule has 2 aliphatic heterocycles. The number of rotatable bonds is 7. The summed E-state index contributed by atoms with van der Waals surface area (Å²) in [5.41, 5.74) is 7.12. The molecule has 2 N–H and O–H groups in total. The van der Waals surface area contributed by atoms with Crippen molar-refractivity contribution in [2.24, 2.45) is 0 Å². The molecule has 6 rings (SSSR count). The summed E-state index contributed by atoms with van der Waals surface area (Å²) in [6.07, 6.45) is 4.27. The summed E-state index contributed by atoms with van der Waals surface area (Å²) in [7, 11) is 0. The normalized spacial score (nSPS) is 16.6. The van der Waals surface area contributed by atoms with E-state index < -0.39 is 0 Å². The highest BCUT2D eigenvalue weighted by Crippen LogP contribution is 2.35. The molecule has 0 radical (unpaired) electrons. The lowest BCUT2D eigenvalue weighted by Crippen LogP contribution is -2.47. The zero-order valence-corrected chi connectivity index (χ0v) is 22.8. The largest absolute Gasteiger partial charge is 0.383 e. The summed E-state index contributed by atoms with van der Waals surface area (Å²) in [4.78, 5) is 16.4. The fourth-order valence-corrected chi connectivity index (χ4v) is 6.02. The molecule has 0 unspecified atom stereocenters. The molecule has 0 bridgehead atoms. The minimum absolute atomic E-state index is 0.760. The summed E-state index contributed by atoms with van der Waals surface area (Å²) in [6.45, 7) is 10.4. The monoisotopic (exact) mass is 560 g/mol. The zero-order valence-electron chi connectivity index (χ0n) is 21.3. The van der Waals surface area contributed by atoms with Crippen molar-refractivity contribution < 1.29 is 0 Å². The zero-order chi connectivity index (χ0) is 25.2. The van der Waals surface area contributed by atoms with Crippen LogP contribution in [0.15, 0.2) is 53.4 Å². The van der Waals surface area contributed by atoms with Crippen LogP contribution in [0, 0.1) is 6.92 Å². The Balaban J connectivity index is 1.24. The van der Waals surface area contributed by atoms with E-state index in [1.54, 1.807) is 6.33 Å². The fraction of sp³-hybridized carbons (Fsp3) is 0.393. The van der Waals surface area contributed by atoms with Crippen LogP contribution >= 0.6 is 15.9 Å². The number of anilines is 3. The van der Waals surface area contributed by atoms with E-state index in [4.69, 9.17) is 0 Å². The predicted molar refractivity (Wildman–Crippen MR) is 155 cm³/mol. The van der Waals surface area contributed by atoms with Crippen LogP contribution < -0.4 is 15.1 Å². The van der Waals surface area contributed by atoms with Crippen LogP contribution in [0.2, 0.25) is 0 Å². The van der Waals surface area contributed by atoms with Crippen molar-refractivity contribution in [2.45, 2.75) is 19.8 Å². The Bertz CT molecular complexity index is 1360. The number of nitrogens with zero attached hydrogens (tertiary/aromatic N) is 6. The summed E-state index contributed by atoms with van der Waals surface area (Å²) in [6, 6.07) is 15.4. The summed E-state index contributed by atoms with van der Waals surface area (Å²) in [5, 5.41) is 12.0. The molecule has 0 saturated carbocycles. The molecular weight excluding hydrogens is 528 g/mol. The molecule has 9 heteroatoms. The van der Waals surface area contributed by atoms with Crippen LogP contribution in [0.1, 0.15) is 18.4 Å². The molecule has 2 aromatic heterocycles. The van der Waals surface area contributed by atoms with Crippen molar-refractivity contribution in [3.63, 3.8) is 0 Å². The Labute approximate surface area is 226 Å². The predicted octanol–water partition coefficient (Wildman–Crippen LogP) is 4.93. The maximum absolute atomic E-state index is 4.61. The smallest absolute Gasteiger partial charge is 0.161 e. The van der Waals surface area contributed by atoms with E-state index in [2.05, 4.69) is 106 Å². The molecule has 37 heavy (non-hydrogen) atoms. The number of hydrogen-bond donors (Lipinski definition) is 2. The maximum atomic E-state index is 4.61. The first-order valence-corrected chi connectivity index (χ1v) is 14.0. The second kappa shape index (κ2) is 10.7. The van der Waals surface area contributed by atoms with E-state index in [9.17, 15) is 0 Å². The number of likely N-dealkylation sites (tertiary alicyclic amines) is 1. The minimum atomic E-state index is 0.760. The van der Waals surface area contributed by atoms with E-state index >= 15 is 0 Å². The van der Waals surface area contributed by atoms with Gasteiger partial charge in [-0.1, -0.05) is 30.3 Å². The fourth-order valence-electron chi connectivity index (χ4n) is 5.57. The molecule has 2 saturated heterocycles. The lowest BCUT2D eigenvalue weighted by Gasteiger charge is -2.38. The molecule has 2 aromatic carbocycles. The van der Waals surface area contributed by atoms with Crippen molar-refractivity contribution in [1.82, 2.24) is 25.1 Å². The second-order valence-corrected chi connectivity index (χ2v) is 10.7. The molecule has 2 aliphatic rings. The standard InChI is InChI=1S/C28H33BrN8/c1-20-23(30-9-12-35-10-5-6-11-35)17-22(21-7-3-2-4-8-21)18-24(20)36-13-15-37(16-14-36)28-25-26(29)33-34-27(25)31-19-32-28/h2-4,7-8,17-19,30H,5-6,9-16H2,1H3,(H,31,32,33,34). The van der Waals surface area contributed by atoms with Crippen molar-refractivity contribution >= 4 is 44.2 Å². The molecular formula is C28H33BrN8. The molecule has 2 fully saturated rings. The van der Waals surface area contributed by atoms with Gasteiger partial charge in [0.15, 0.2) is 5.65 Å². The third-order valence-corrected chi connectivity index (χ3v) is 8.22. The number of H-pyrrole nitrogens is 1. The van der Waals surface area contributed by atoms with Gasteiger partial charge in [-0.3, -0.25) is 5.10 Å². The van der Waals surface area contributed by atoms with Gasteiger partial charge in [-0.2, -0.15) is 5.10 Å². The number of halogens is 1. The van der Waals surface area contributed by atoms with Crippen LogP contribution in [0.4, 0.5) is 17.2 Å². The molecule has 8 nitrogen and oxygen atoms in total. The Hall–Kier alpha value is -3.17. The van der Waals surface area contributed by atoms with E-state index in [0.717, 1.165) is 60.7 Å². The van der Waals surface area contributed by atoms with Gasteiger partial charge >= 0.3 is 0 Å². The van der Waals surface area contributed by atoms with Crippen molar-refractivity contribution in [1.29, 1.82) is 0 Å². The number of piperazine rings is 1. The molecule has 0 amide bonds. The summed E-state index contributed by atoms with van der Waals surface area (Å²) >= 11 is 3.55. The first kappa shape index (κ1) is 24.2. The van der Waals surface area contributed by atoms with Gasteiger partial charge < -0.3 is 20.0 Å². The van der Waals surface area contributed by atoms with Crippen LogP contribution in [0.25, 0.3) is 22.2 Å². The molecule has 0 atom stereocenters. The molecule has 0 spiro atoms. The Morgan fingerprint density at radius 3 is 2.46 bits per heavy atom. The number of hydrogen-bond acceptors (Lipinski definition) is 7. The van der Waals surface area contributed by atoms with Crippen LogP contribution in [0.3, 0.4) is 0 Å². The molecule has 4 heterocycles. The van der Waals surface area contributed by atoms with E-state index in [1.807, 2.05) is 0 Å². The molecule has 0 aliphatic carbocycles. The molecule has 192 valence electrons. The minimum Gasteiger partial charge on any atom is -0.383 e. The number of fused-ring (bicyclic) bond motifs is 1. The maximum Gasteiger partial charge on any atom is 0.161 e. The topological polar surface area (TPSA) is 76.2 Å². The van der Waals surface area contributed by atoms with Crippen LogP contribution in [-0.2, 0) is 0 Å².